The van der Waals surface area contributed by atoms with Crippen LogP contribution in [-0.2, 0) is 23.9 Å². The first-order valence-electron chi connectivity index (χ1n) is 10.3. The topological polar surface area (TPSA) is 145 Å². The number of carbonyl (C=O) groups is 4. The van der Waals surface area contributed by atoms with E-state index in [4.69, 9.17) is 26.2 Å². The van der Waals surface area contributed by atoms with Crippen molar-refractivity contribution in [3.63, 3.8) is 0 Å². The van der Waals surface area contributed by atoms with Gasteiger partial charge in [-0.05, 0) is 38.8 Å². The van der Waals surface area contributed by atoms with Gasteiger partial charge < -0.3 is 30.5 Å². The van der Waals surface area contributed by atoms with Crippen LogP contribution in [0.3, 0.4) is 0 Å². The Morgan fingerprint density at radius 2 is 1.79 bits per heavy atom. The molecule has 2 heterocycles. The molecule has 0 aliphatic carbocycles. The van der Waals surface area contributed by atoms with E-state index in [2.05, 4.69) is 16.6 Å². The first-order valence-corrected chi connectivity index (χ1v) is 10.3. The van der Waals surface area contributed by atoms with E-state index >= 15 is 0 Å². The molecule has 33 heavy (non-hydrogen) atoms. The van der Waals surface area contributed by atoms with Crippen LogP contribution in [0.2, 0.25) is 0 Å². The van der Waals surface area contributed by atoms with Crippen LogP contribution >= 0.6 is 0 Å². The van der Waals surface area contributed by atoms with E-state index in [9.17, 15) is 27.6 Å². The van der Waals surface area contributed by atoms with Crippen molar-refractivity contribution in [3.8, 4) is 12.3 Å². The first-order chi connectivity index (χ1) is 15.5. The molecule has 10 nitrogen and oxygen atoms in total. The predicted octanol–water partition coefficient (Wildman–Crippen LogP) is 0.0771. The molecule has 2 saturated heterocycles. The van der Waals surface area contributed by atoms with Gasteiger partial charge in [0.15, 0.2) is 0 Å². The van der Waals surface area contributed by atoms with Crippen molar-refractivity contribution in [3.05, 3.63) is 0 Å². The van der Waals surface area contributed by atoms with Crippen LogP contribution in [-0.4, -0.2) is 90.5 Å². The number of carbonyl (C=O) groups excluding carboxylic acids is 2. The molecule has 0 unspecified atom stereocenters. The Kier molecular flexibility index (Phi) is 11.7. The number of amides is 2. The summed E-state index contributed by atoms with van der Waals surface area (Å²) >= 11 is 0. The van der Waals surface area contributed by atoms with Crippen LogP contribution in [0.5, 0.6) is 0 Å². The van der Waals surface area contributed by atoms with Gasteiger partial charge in [0.25, 0.3) is 0 Å². The van der Waals surface area contributed by atoms with Gasteiger partial charge in [-0.2, -0.15) is 13.2 Å². The Morgan fingerprint density at radius 3 is 2.30 bits per heavy atom. The maximum Gasteiger partial charge on any atom is 0.490 e. The van der Waals surface area contributed by atoms with Gasteiger partial charge in [0.05, 0.1) is 12.0 Å². The second-order valence-corrected chi connectivity index (χ2v) is 7.54. The van der Waals surface area contributed by atoms with E-state index in [0.29, 0.717) is 19.5 Å². The van der Waals surface area contributed by atoms with E-state index in [1.54, 1.807) is 4.90 Å². The first kappa shape index (κ1) is 28.2. The molecule has 0 aromatic heterocycles. The van der Waals surface area contributed by atoms with Gasteiger partial charge in [-0.25, -0.2) is 4.79 Å². The molecule has 2 atom stereocenters. The molecule has 13 heteroatoms. The third-order valence-electron chi connectivity index (χ3n) is 5.10. The maximum absolute atomic E-state index is 12.4. The van der Waals surface area contributed by atoms with Gasteiger partial charge in [-0.3, -0.25) is 14.4 Å². The number of carboxylic acids is 2. The van der Waals surface area contributed by atoms with Crippen LogP contribution in [0.1, 0.15) is 25.7 Å². The summed E-state index contributed by atoms with van der Waals surface area (Å²) < 4.78 is 37.4. The highest BCUT2D eigenvalue weighted by molar-refractivity contribution is 5.82. The number of halogens is 3. The Bertz CT molecular complexity index is 733. The molecule has 0 aromatic rings. The Hall–Kier alpha value is -2.85. The summed E-state index contributed by atoms with van der Waals surface area (Å²) in [7, 11) is 0. The van der Waals surface area contributed by atoms with Crippen molar-refractivity contribution in [2.45, 2.75) is 38.0 Å². The van der Waals surface area contributed by atoms with Gasteiger partial charge in [-0.1, -0.05) is 5.92 Å². The van der Waals surface area contributed by atoms with Gasteiger partial charge in [-0.15, -0.1) is 6.42 Å². The number of nitrogens with one attached hydrogen (secondary N) is 2. The minimum absolute atomic E-state index is 0.0389. The lowest BCUT2D eigenvalue weighted by atomic mass is 9.96. The number of hydrogen-bond donors (Lipinski definition) is 4. The number of aliphatic carboxylic acids is 2. The third kappa shape index (κ3) is 10.5. The van der Waals surface area contributed by atoms with E-state index in [0.717, 1.165) is 32.4 Å². The van der Waals surface area contributed by atoms with E-state index in [-0.39, 0.29) is 37.0 Å². The number of piperidine rings is 2. The second-order valence-electron chi connectivity index (χ2n) is 7.54. The highest BCUT2D eigenvalue weighted by Gasteiger charge is 2.38. The fourth-order valence-electron chi connectivity index (χ4n) is 3.22. The smallest absolute Gasteiger partial charge is 0.480 e. The second kappa shape index (κ2) is 13.6. The third-order valence-corrected chi connectivity index (χ3v) is 5.10. The fraction of sp³-hybridized carbons (Fsp3) is 0.700. The molecule has 0 saturated carbocycles. The number of nitrogens with zero attached hydrogens (tertiary/aromatic N) is 1. The number of likely N-dealkylation sites (tertiary alicyclic amines) is 1. The van der Waals surface area contributed by atoms with Crippen LogP contribution in [0.4, 0.5) is 13.2 Å². The summed E-state index contributed by atoms with van der Waals surface area (Å²) in [5, 5.41) is 21.9. The number of hydrogen-bond acceptors (Lipinski definition) is 6. The Morgan fingerprint density at radius 1 is 1.18 bits per heavy atom. The van der Waals surface area contributed by atoms with Crippen LogP contribution in [0, 0.1) is 24.2 Å². The van der Waals surface area contributed by atoms with Crippen molar-refractivity contribution < 1.29 is 47.3 Å². The van der Waals surface area contributed by atoms with Crippen LogP contribution in [0.15, 0.2) is 0 Å². The molecule has 2 aliphatic rings. The lowest BCUT2D eigenvalue weighted by molar-refractivity contribution is -0.192. The molecular formula is C20H28F3N3O7. The molecule has 0 spiro atoms. The summed E-state index contributed by atoms with van der Waals surface area (Å²) in [4.78, 5) is 46.1. The predicted molar refractivity (Wildman–Crippen MR) is 108 cm³/mol. The molecule has 186 valence electrons. The van der Waals surface area contributed by atoms with E-state index < -0.39 is 24.0 Å². The normalized spacial score (nSPS) is 19.9. The van der Waals surface area contributed by atoms with Crippen molar-refractivity contribution in [2.75, 3.05) is 39.3 Å². The lowest BCUT2D eigenvalue weighted by Gasteiger charge is -2.32. The standard InChI is InChI=1S/C18H27N3O5.C2HF3O2/c1-2-13(18(24)25)10-20-17(23)14-4-3-9-21(11-14)16(22)12-26-15-5-7-19-8-6-15;3-2(4,5)1(6)7/h1,13-15,19H,3-12H2,(H,20,23)(H,24,25);(H,6,7)/t13-,14-;/m1./s1. The van der Waals surface area contributed by atoms with Crippen molar-refractivity contribution in [2.24, 2.45) is 11.8 Å². The van der Waals surface area contributed by atoms with Gasteiger partial charge in [0.1, 0.15) is 12.5 Å². The highest BCUT2D eigenvalue weighted by Crippen LogP contribution is 2.18. The molecule has 0 aromatic carbocycles. The minimum atomic E-state index is -5.08. The number of rotatable bonds is 7. The minimum Gasteiger partial charge on any atom is -0.480 e. The zero-order valence-corrected chi connectivity index (χ0v) is 17.9. The lowest BCUT2D eigenvalue weighted by Crippen LogP contribution is -2.47. The zero-order valence-electron chi connectivity index (χ0n) is 17.9. The highest BCUT2D eigenvalue weighted by atomic mass is 19.4. The Labute approximate surface area is 188 Å². The van der Waals surface area contributed by atoms with E-state index in [1.807, 2.05) is 0 Å². The molecule has 2 aliphatic heterocycles. The molecule has 2 amide bonds. The molecular weight excluding hydrogens is 451 g/mol. The van der Waals surface area contributed by atoms with Crippen molar-refractivity contribution >= 4 is 23.8 Å². The van der Waals surface area contributed by atoms with Gasteiger partial charge in [0.2, 0.25) is 11.8 Å². The van der Waals surface area contributed by atoms with Crippen molar-refractivity contribution in [1.29, 1.82) is 0 Å². The van der Waals surface area contributed by atoms with E-state index in [1.165, 1.54) is 0 Å². The maximum atomic E-state index is 12.4. The average molecular weight is 479 g/mol. The van der Waals surface area contributed by atoms with Crippen molar-refractivity contribution in [1.82, 2.24) is 15.5 Å². The largest absolute Gasteiger partial charge is 0.490 e. The summed E-state index contributed by atoms with van der Waals surface area (Å²) in [6.45, 7) is 2.68. The molecule has 2 fully saturated rings. The van der Waals surface area contributed by atoms with Crippen LogP contribution < -0.4 is 10.6 Å². The summed E-state index contributed by atoms with van der Waals surface area (Å²) in [5.41, 5.74) is 0. The molecule has 2 rings (SSSR count). The summed E-state index contributed by atoms with van der Waals surface area (Å²) in [6.07, 6.45) is 3.37. The number of ether oxygens (including phenoxy) is 1. The number of alkyl halides is 3. The Balaban J connectivity index is 0.000000675. The average Bonchev–Trinajstić information content (AvgIpc) is 2.78. The molecule has 0 bridgehead atoms. The zero-order chi connectivity index (χ0) is 25.0. The number of carboxylic acid groups (broad SMARTS) is 2. The summed E-state index contributed by atoms with van der Waals surface area (Å²) in [6, 6.07) is 0. The quantitative estimate of drug-likeness (QED) is 0.376. The number of terminal acetylenes is 1. The molecule has 4 N–H and O–H groups in total. The molecule has 0 radical (unpaired) electrons. The van der Waals surface area contributed by atoms with Gasteiger partial charge in [0, 0.05) is 19.6 Å². The SMILES string of the molecule is C#C[C@H](CNC(=O)[C@@H]1CCCN(C(=O)COC2CCNCC2)C1)C(=O)O.O=C(O)C(F)(F)F. The monoisotopic (exact) mass is 479 g/mol. The fourth-order valence-corrected chi connectivity index (χ4v) is 3.22. The van der Waals surface area contributed by atoms with Crippen LogP contribution in [0.25, 0.3) is 0 Å². The van der Waals surface area contributed by atoms with Gasteiger partial charge >= 0.3 is 18.1 Å². The summed E-state index contributed by atoms with van der Waals surface area (Å²) in [5.74, 6) is -3.51.